The van der Waals surface area contributed by atoms with E-state index in [0.29, 0.717) is 17.4 Å². The second-order valence-corrected chi connectivity index (χ2v) is 5.76. The first-order chi connectivity index (χ1) is 10.7. The fourth-order valence-corrected chi connectivity index (χ4v) is 3.03. The normalized spacial score (nSPS) is 15.6. The highest BCUT2D eigenvalue weighted by Crippen LogP contribution is 2.32. The van der Waals surface area contributed by atoms with Gasteiger partial charge in [-0.15, -0.1) is 0 Å². The van der Waals surface area contributed by atoms with E-state index >= 15 is 0 Å². The molecule has 5 nitrogen and oxygen atoms in total. The van der Waals surface area contributed by atoms with E-state index in [1.54, 1.807) is 12.1 Å². The highest BCUT2D eigenvalue weighted by atomic mass is 16.5. The highest BCUT2D eigenvalue weighted by Gasteiger charge is 2.21. The van der Waals surface area contributed by atoms with Gasteiger partial charge in [0.05, 0.1) is 12.2 Å². The van der Waals surface area contributed by atoms with Crippen LogP contribution in [0.4, 0.5) is 10.5 Å². The van der Waals surface area contributed by atoms with Crippen molar-refractivity contribution in [2.75, 3.05) is 4.90 Å². The lowest BCUT2D eigenvalue weighted by Crippen LogP contribution is -2.28. The Bertz CT molecular complexity index is 618. The van der Waals surface area contributed by atoms with Crippen molar-refractivity contribution in [1.29, 1.82) is 0 Å². The average Bonchev–Trinajstić information content (AvgIpc) is 3.03. The molecule has 0 radical (unpaired) electrons. The topological polar surface area (TPSA) is 66.6 Å². The standard InChI is InChI=1S/C17H20N2O3/c20-17(21)19(14-9-5-2-6-10-14)12-15-11-16(18-22-15)13-7-3-1-4-8-13/h2,5-6,9-11,13H,1,3-4,7-8,12H2,(H,20,21). The monoisotopic (exact) mass is 300 g/mol. The van der Waals surface area contributed by atoms with E-state index in [-0.39, 0.29) is 6.54 Å². The van der Waals surface area contributed by atoms with Gasteiger partial charge in [-0.25, -0.2) is 4.79 Å². The first-order valence-electron chi connectivity index (χ1n) is 7.75. The van der Waals surface area contributed by atoms with Gasteiger partial charge in [0.25, 0.3) is 0 Å². The van der Waals surface area contributed by atoms with Gasteiger partial charge in [-0.1, -0.05) is 42.6 Å². The van der Waals surface area contributed by atoms with Crippen LogP contribution in [0.1, 0.15) is 49.5 Å². The average molecular weight is 300 g/mol. The number of rotatable bonds is 4. The summed E-state index contributed by atoms with van der Waals surface area (Å²) in [5, 5.41) is 13.6. The largest absolute Gasteiger partial charge is 0.465 e. The van der Waals surface area contributed by atoms with Crippen molar-refractivity contribution in [2.24, 2.45) is 0 Å². The van der Waals surface area contributed by atoms with Crippen LogP contribution in [-0.2, 0) is 6.54 Å². The predicted octanol–water partition coefficient (Wildman–Crippen LogP) is 4.41. The molecule has 0 aliphatic heterocycles. The van der Waals surface area contributed by atoms with E-state index in [2.05, 4.69) is 5.16 Å². The molecule has 1 aromatic carbocycles. The number of amides is 1. The molecular weight excluding hydrogens is 280 g/mol. The Morgan fingerprint density at radius 2 is 1.95 bits per heavy atom. The third-order valence-corrected chi connectivity index (χ3v) is 4.21. The number of anilines is 1. The van der Waals surface area contributed by atoms with E-state index in [9.17, 15) is 9.90 Å². The molecule has 1 aliphatic carbocycles. The molecule has 1 fully saturated rings. The van der Waals surface area contributed by atoms with Crippen molar-refractivity contribution in [2.45, 2.75) is 44.6 Å². The Hall–Kier alpha value is -2.30. The number of carbonyl (C=O) groups is 1. The third-order valence-electron chi connectivity index (χ3n) is 4.21. The number of benzene rings is 1. The van der Waals surface area contributed by atoms with E-state index in [1.807, 2.05) is 24.3 Å². The van der Waals surface area contributed by atoms with Gasteiger partial charge in [0.15, 0.2) is 5.76 Å². The fourth-order valence-electron chi connectivity index (χ4n) is 3.03. The molecular formula is C17H20N2O3. The van der Waals surface area contributed by atoms with Gasteiger partial charge in [-0.05, 0) is 25.0 Å². The third kappa shape index (κ3) is 3.30. The van der Waals surface area contributed by atoms with Gasteiger partial charge in [0.2, 0.25) is 0 Å². The first kappa shape index (κ1) is 14.6. The Morgan fingerprint density at radius 3 is 2.64 bits per heavy atom. The second kappa shape index (κ2) is 6.64. The number of nitrogens with zero attached hydrogens (tertiary/aromatic N) is 2. The molecule has 0 bridgehead atoms. The van der Waals surface area contributed by atoms with Crippen molar-refractivity contribution >= 4 is 11.8 Å². The van der Waals surface area contributed by atoms with Crippen LogP contribution in [0.3, 0.4) is 0 Å². The summed E-state index contributed by atoms with van der Waals surface area (Å²) in [6.45, 7) is 0.180. The molecule has 2 aromatic rings. The van der Waals surface area contributed by atoms with Crippen molar-refractivity contribution in [3.8, 4) is 0 Å². The van der Waals surface area contributed by atoms with Gasteiger partial charge < -0.3 is 9.63 Å². The van der Waals surface area contributed by atoms with Crippen LogP contribution in [0, 0.1) is 0 Å². The second-order valence-electron chi connectivity index (χ2n) is 5.76. The molecule has 0 spiro atoms. The van der Waals surface area contributed by atoms with Crippen molar-refractivity contribution in [3.05, 3.63) is 47.9 Å². The molecule has 1 saturated carbocycles. The quantitative estimate of drug-likeness (QED) is 0.908. The molecule has 0 unspecified atom stereocenters. The van der Waals surface area contributed by atoms with Crippen LogP contribution >= 0.6 is 0 Å². The molecule has 1 N–H and O–H groups in total. The lowest BCUT2D eigenvalue weighted by atomic mass is 9.87. The molecule has 116 valence electrons. The van der Waals surface area contributed by atoms with E-state index in [4.69, 9.17) is 4.52 Å². The van der Waals surface area contributed by atoms with Crippen LogP contribution in [0.15, 0.2) is 40.9 Å². The zero-order chi connectivity index (χ0) is 15.4. The van der Waals surface area contributed by atoms with Gasteiger partial charge in [0.1, 0.15) is 0 Å². The first-order valence-corrected chi connectivity index (χ1v) is 7.75. The molecule has 3 rings (SSSR count). The Balaban J connectivity index is 1.73. The summed E-state index contributed by atoms with van der Waals surface area (Å²) in [5.41, 5.74) is 1.60. The lowest BCUT2D eigenvalue weighted by Gasteiger charge is -2.18. The van der Waals surface area contributed by atoms with Crippen LogP contribution in [0.25, 0.3) is 0 Å². The summed E-state index contributed by atoms with van der Waals surface area (Å²) in [6.07, 6.45) is 5.06. The van der Waals surface area contributed by atoms with Gasteiger partial charge in [-0.3, -0.25) is 4.90 Å². The predicted molar refractivity (Wildman–Crippen MR) is 83.0 cm³/mol. The van der Waals surface area contributed by atoms with Crippen molar-refractivity contribution in [3.63, 3.8) is 0 Å². The summed E-state index contributed by atoms with van der Waals surface area (Å²) >= 11 is 0. The maximum atomic E-state index is 11.5. The van der Waals surface area contributed by atoms with Crippen molar-refractivity contribution in [1.82, 2.24) is 5.16 Å². The zero-order valence-electron chi connectivity index (χ0n) is 12.4. The molecule has 1 amide bonds. The van der Waals surface area contributed by atoms with Crippen LogP contribution in [0.2, 0.25) is 0 Å². The number of para-hydroxylation sites is 1. The molecule has 0 atom stereocenters. The highest BCUT2D eigenvalue weighted by molar-refractivity contribution is 5.85. The molecule has 1 heterocycles. The number of carboxylic acid groups (broad SMARTS) is 1. The maximum Gasteiger partial charge on any atom is 0.412 e. The maximum absolute atomic E-state index is 11.5. The minimum atomic E-state index is -0.998. The summed E-state index contributed by atoms with van der Waals surface area (Å²) < 4.78 is 5.37. The van der Waals surface area contributed by atoms with E-state index < -0.39 is 6.09 Å². The molecule has 5 heteroatoms. The van der Waals surface area contributed by atoms with E-state index in [1.165, 1.54) is 24.2 Å². The Kier molecular flexibility index (Phi) is 4.42. The minimum absolute atomic E-state index is 0.180. The Morgan fingerprint density at radius 1 is 1.23 bits per heavy atom. The van der Waals surface area contributed by atoms with Crippen LogP contribution < -0.4 is 4.90 Å². The van der Waals surface area contributed by atoms with Gasteiger partial charge in [0, 0.05) is 17.7 Å². The molecule has 0 saturated heterocycles. The van der Waals surface area contributed by atoms with E-state index in [0.717, 1.165) is 18.5 Å². The molecule has 1 aliphatic rings. The van der Waals surface area contributed by atoms with Gasteiger partial charge >= 0.3 is 6.09 Å². The SMILES string of the molecule is O=C(O)N(Cc1cc(C2CCCCC2)no1)c1ccccc1. The van der Waals surface area contributed by atoms with Crippen LogP contribution in [-0.4, -0.2) is 16.4 Å². The summed E-state index contributed by atoms with van der Waals surface area (Å²) in [5.74, 6) is 1.05. The molecule has 1 aromatic heterocycles. The number of aromatic nitrogens is 1. The fraction of sp³-hybridized carbons (Fsp3) is 0.412. The lowest BCUT2D eigenvalue weighted by molar-refractivity contribution is 0.200. The summed E-state index contributed by atoms with van der Waals surface area (Å²) in [7, 11) is 0. The zero-order valence-corrected chi connectivity index (χ0v) is 12.4. The van der Waals surface area contributed by atoms with Crippen molar-refractivity contribution < 1.29 is 14.4 Å². The smallest absolute Gasteiger partial charge is 0.412 e. The summed E-state index contributed by atoms with van der Waals surface area (Å²) in [6, 6.07) is 10.9. The number of hydrogen-bond donors (Lipinski definition) is 1. The molecule has 22 heavy (non-hydrogen) atoms. The minimum Gasteiger partial charge on any atom is -0.465 e. The van der Waals surface area contributed by atoms with Gasteiger partial charge in [-0.2, -0.15) is 0 Å². The summed E-state index contributed by atoms with van der Waals surface area (Å²) in [4.78, 5) is 12.7. The Labute approximate surface area is 129 Å². The number of hydrogen-bond acceptors (Lipinski definition) is 3. The van der Waals surface area contributed by atoms with Crippen LogP contribution in [0.5, 0.6) is 0 Å².